The van der Waals surface area contributed by atoms with Gasteiger partial charge in [-0.1, -0.05) is 50.1 Å². The minimum absolute atomic E-state index is 0.199. The minimum atomic E-state index is -0.769. The fourth-order valence-corrected chi connectivity index (χ4v) is 2.66. The van der Waals surface area contributed by atoms with Crippen LogP contribution in [0.1, 0.15) is 38.2 Å². The molecule has 3 N–H and O–H groups in total. The molecule has 0 radical (unpaired) electrons. The van der Waals surface area contributed by atoms with Crippen LogP contribution in [0, 0.1) is 5.92 Å². The van der Waals surface area contributed by atoms with Crippen molar-refractivity contribution in [3.63, 3.8) is 0 Å². The van der Waals surface area contributed by atoms with E-state index in [4.69, 9.17) is 10.6 Å². The number of nitrogens with one attached hydrogen (secondary N) is 1. The number of amides is 1. The molecule has 1 aromatic carbocycles. The molecule has 0 aliphatic heterocycles. The maximum absolute atomic E-state index is 12.1. The number of benzene rings is 1. The number of hydroxylamine groups is 1. The Balaban J connectivity index is 1.81. The summed E-state index contributed by atoms with van der Waals surface area (Å²) in [5.74, 6) is 0.300. The summed E-state index contributed by atoms with van der Waals surface area (Å²) < 4.78 is 0. The highest BCUT2D eigenvalue weighted by atomic mass is 16.6. The smallest absolute Gasteiger partial charge is 0.263 e. The number of carbonyl (C=O) groups is 1. The Kier molecular flexibility index (Phi) is 4.56. The van der Waals surface area contributed by atoms with Crippen molar-refractivity contribution in [3.8, 4) is 0 Å². The van der Waals surface area contributed by atoms with Gasteiger partial charge in [0.25, 0.3) is 5.91 Å². The van der Waals surface area contributed by atoms with Gasteiger partial charge in [0.1, 0.15) is 0 Å². The van der Waals surface area contributed by atoms with Crippen LogP contribution in [0.5, 0.6) is 0 Å². The summed E-state index contributed by atoms with van der Waals surface area (Å²) in [6.07, 6.45) is 3.62. The van der Waals surface area contributed by atoms with Gasteiger partial charge in [-0.2, -0.15) is 0 Å². The summed E-state index contributed by atoms with van der Waals surface area (Å²) in [5.41, 5.74) is 8.93. The summed E-state index contributed by atoms with van der Waals surface area (Å²) in [6.45, 7) is 2.50. The van der Waals surface area contributed by atoms with E-state index in [1.54, 1.807) is 0 Å². The third kappa shape index (κ3) is 3.78. The standard InChI is InChI=1S/C15H22N2O2/c1-12-6-5-9-15(16,10-12)14(18)17-19-11-13-7-3-2-4-8-13/h2-4,7-8,12H,5-6,9-11,16H2,1H3,(H,17,18). The molecule has 2 rings (SSSR count). The quantitative estimate of drug-likeness (QED) is 0.817. The van der Waals surface area contributed by atoms with Crippen molar-refractivity contribution < 1.29 is 9.63 Å². The summed E-state index contributed by atoms with van der Waals surface area (Å²) in [5, 5.41) is 0. The molecule has 1 aromatic rings. The van der Waals surface area contributed by atoms with Gasteiger partial charge in [-0.05, 0) is 24.3 Å². The van der Waals surface area contributed by atoms with Crippen LogP contribution in [0.25, 0.3) is 0 Å². The van der Waals surface area contributed by atoms with E-state index in [2.05, 4.69) is 12.4 Å². The van der Waals surface area contributed by atoms with Gasteiger partial charge in [0.05, 0.1) is 12.1 Å². The van der Waals surface area contributed by atoms with Gasteiger partial charge in [0.2, 0.25) is 0 Å². The van der Waals surface area contributed by atoms with E-state index in [1.807, 2.05) is 30.3 Å². The Bertz CT molecular complexity index is 421. The molecular weight excluding hydrogens is 240 g/mol. The van der Waals surface area contributed by atoms with Crippen molar-refractivity contribution in [3.05, 3.63) is 35.9 Å². The first-order valence-corrected chi connectivity index (χ1v) is 6.85. The fourth-order valence-electron chi connectivity index (χ4n) is 2.66. The average Bonchev–Trinajstić information content (AvgIpc) is 2.39. The molecule has 2 unspecified atom stereocenters. The Morgan fingerprint density at radius 2 is 2.21 bits per heavy atom. The van der Waals surface area contributed by atoms with Gasteiger partial charge in [-0.25, -0.2) is 5.48 Å². The maximum Gasteiger partial charge on any atom is 0.263 e. The molecule has 4 nitrogen and oxygen atoms in total. The lowest BCUT2D eigenvalue weighted by atomic mass is 9.77. The lowest BCUT2D eigenvalue weighted by Gasteiger charge is -2.34. The molecule has 1 amide bonds. The molecule has 19 heavy (non-hydrogen) atoms. The van der Waals surface area contributed by atoms with E-state index in [0.717, 1.165) is 31.2 Å². The molecule has 0 bridgehead atoms. The second-order valence-electron chi connectivity index (χ2n) is 5.56. The first-order chi connectivity index (χ1) is 9.10. The maximum atomic E-state index is 12.1. The van der Waals surface area contributed by atoms with Crippen LogP contribution in [0.4, 0.5) is 0 Å². The lowest BCUT2D eigenvalue weighted by molar-refractivity contribution is -0.142. The Hall–Kier alpha value is -1.39. The topological polar surface area (TPSA) is 64.4 Å². The fraction of sp³-hybridized carbons (Fsp3) is 0.533. The predicted molar refractivity (Wildman–Crippen MR) is 73.9 cm³/mol. The highest BCUT2D eigenvalue weighted by Crippen LogP contribution is 2.30. The van der Waals surface area contributed by atoms with Crippen LogP contribution in [0.3, 0.4) is 0 Å². The van der Waals surface area contributed by atoms with Crippen LogP contribution in [-0.2, 0) is 16.2 Å². The molecule has 1 aliphatic rings. The Labute approximate surface area is 114 Å². The third-order valence-electron chi connectivity index (χ3n) is 3.73. The summed E-state index contributed by atoms with van der Waals surface area (Å²) >= 11 is 0. The number of hydrogen-bond donors (Lipinski definition) is 2. The summed E-state index contributed by atoms with van der Waals surface area (Å²) in [6, 6.07) is 9.72. The average molecular weight is 262 g/mol. The highest BCUT2D eigenvalue weighted by molar-refractivity contribution is 5.85. The SMILES string of the molecule is CC1CCCC(N)(C(=O)NOCc2ccccc2)C1. The first-order valence-electron chi connectivity index (χ1n) is 6.85. The Morgan fingerprint density at radius 1 is 1.47 bits per heavy atom. The summed E-state index contributed by atoms with van der Waals surface area (Å²) in [4.78, 5) is 17.4. The normalized spacial score (nSPS) is 26.9. The van der Waals surface area contributed by atoms with E-state index < -0.39 is 5.54 Å². The van der Waals surface area contributed by atoms with E-state index >= 15 is 0 Å². The van der Waals surface area contributed by atoms with E-state index in [-0.39, 0.29) is 5.91 Å². The number of hydrogen-bond acceptors (Lipinski definition) is 3. The molecular formula is C15H22N2O2. The number of nitrogens with two attached hydrogens (primary N) is 1. The van der Waals surface area contributed by atoms with Gasteiger partial charge in [0, 0.05) is 0 Å². The Morgan fingerprint density at radius 3 is 2.89 bits per heavy atom. The third-order valence-corrected chi connectivity index (χ3v) is 3.73. The predicted octanol–water partition coefficient (Wildman–Crippen LogP) is 2.14. The van der Waals surface area contributed by atoms with Crippen LogP contribution in [-0.4, -0.2) is 11.4 Å². The molecule has 4 heteroatoms. The number of rotatable bonds is 4. The van der Waals surface area contributed by atoms with Crippen molar-refractivity contribution in [1.82, 2.24) is 5.48 Å². The second kappa shape index (κ2) is 6.17. The van der Waals surface area contributed by atoms with Crippen molar-refractivity contribution in [1.29, 1.82) is 0 Å². The molecule has 0 spiro atoms. The zero-order valence-corrected chi connectivity index (χ0v) is 11.4. The van der Waals surface area contributed by atoms with Crippen LogP contribution >= 0.6 is 0 Å². The molecule has 1 saturated carbocycles. The van der Waals surface area contributed by atoms with E-state index in [1.165, 1.54) is 0 Å². The molecule has 0 aromatic heterocycles. The minimum Gasteiger partial charge on any atom is -0.317 e. The highest BCUT2D eigenvalue weighted by Gasteiger charge is 2.38. The van der Waals surface area contributed by atoms with Gasteiger partial charge in [-0.3, -0.25) is 9.63 Å². The monoisotopic (exact) mass is 262 g/mol. The van der Waals surface area contributed by atoms with Crippen LogP contribution in [0.2, 0.25) is 0 Å². The van der Waals surface area contributed by atoms with E-state index in [0.29, 0.717) is 12.5 Å². The molecule has 0 saturated heterocycles. The van der Waals surface area contributed by atoms with Crippen molar-refractivity contribution in [2.75, 3.05) is 0 Å². The van der Waals surface area contributed by atoms with Gasteiger partial charge in [-0.15, -0.1) is 0 Å². The summed E-state index contributed by atoms with van der Waals surface area (Å²) in [7, 11) is 0. The zero-order valence-electron chi connectivity index (χ0n) is 11.4. The first kappa shape index (κ1) is 14.0. The molecule has 1 aliphatic carbocycles. The van der Waals surface area contributed by atoms with Crippen molar-refractivity contribution in [2.24, 2.45) is 11.7 Å². The van der Waals surface area contributed by atoms with Crippen molar-refractivity contribution >= 4 is 5.91 Å². The number of carbonyl (C=O) groups excluding carboxylic acids is 1. The van der Waals surface area contributed by atoms with Crippen LogP contribution < -0.4 is 11.2 Å². The molecule has 104 valence electrons. The second-order valence-corrected chi connectivity index (χ2v) is 5.56. The zero-order chi connectivity index (χ0) is 13.7. The largest absolute Gasteiger partial charge is 0.317 e. The molecule has 1 fully saturated rings. The van der Waals surface area contributed by atoms with Crippen LogP contribution in [0.15, 0.2) is 30.3 Å². The van der Waals surface area contributed by atoms with E-state index in [9.17, 15) is 4.79 Å². The van der Waals surface area contributed by atoms with Gasteiger partial charge in [0.15, 0.2) is 0 Å². The molecule has 2 atom stereocenters. The van der Waals surface area contributed by atoms with Gasteiger partial charge >= 0.3 is 0 Å². The molecule has 0 heterocycles. The van der Waals surface area contributed by atoms with Gasteiger partial charge < -0.3 is 5.73 Å². The lowest BCUT2D eigenvalue weighted by Crippen LogP contribution is -2.56. The van der Waals surface area contributed by atoms with Crippen molar-refractivity contribution in [2.45, 2.75) is 44.8 Å².